The van der Waals surface area contributed by atoms with E-state index in [9.17, 15) is 13.6 Å². The van der Waals surface area contributed by atoms with E-state index in [2.05, 4.69) is 15.2 Å². The van der Waals surface area contributed by atoms with E-state index in [-0.39, 0.29) is 29.8 Å². The van der Waals surface area contributed by atoms with Gasteiger partial charge in [0.1, 0.15) is 6.10 Å². The number of nitrogens with zero attached hydrogens (tertiary/aromatic N) is 3. The molecule has 1 saturated heterocycles. The molecule has 0 radical (unpaired) electrons. The summed E-state index contributed by atoms with van der Waals surface area (Å²) < 4.78 is 34.3. The Bertz CT molecular complexity index is 1050. The van der Waals surface area contributed by atoms with E-state index in [1.165, 1.54) is 29.9 Å². The smallest absolute Gasteiger partial charge is 0.295 e. The molecule has 1 saturated carbocycles. The summed E-state index contributed by atoms with van der Waals surface area (Å²) in [6.07, 6.45) is 4.92. The van der Waals surface area contributed by atoms with E-state index in [0.717, 1.165) is 32.5 Å². The van der Waals surface area contributed by atoms with Gasteiger partial charge < -0.3 is 15.0 Å². The van der Waals surface area contributed by atoms with Gasteiger partial charge in [-0.2, -0.15) is 0 Å². The molecule has 2 aliphatic rings. The van der Waals surface area contributed by atoms with Crippen molar-refractivity contribution in [2.45, 2.75) is 70.4 Å². The predicted octanol–water partition coefficient (Wildman–Crippen LogP) is 4.74. The molecule has 2 fully saturated rings. The molecule has 0 spiro atoms. The lowest BCUT2D eigenvalue weighted by atomic mass is 10.1. The molecule has 9 heteroatoms. The minimum Gasteiger partial charge on any atom is -0.475 e. The Hall–Kier alpha value is -2.81. The monoisotopic (exact) mass is 473 g/mol. The second kappa shape index (κ2) is 11.1. The third kappa shape index (κ3) is 6.00. The first-order valence-corrected chi connectivity index (χ1v) is 12.1. The number of amides is 1. The second-order valence-corrected chi connectivity index (χ2v) is 9.21. The molecule has 34 heavy (non-hydrogen) atoms. The molecular weight excluding hydrogens is 440 g/mol. The predicted molar refractivity (Wildman–Crippen MR) is 128 cm³/mol. The first-order chi connectivity index (χ1) is 16.4. The number of hydrogen-bond donors (Lipinski definition) is 2. The lowest BCUT2D eigenvalue weighted by Crippen LogP contribution is -2.37. The van der Waals surface area contributed by atoms with Crippen LogP contribution in [0.4, 0.5) is 8.78 Å². The lowest BCUT2D eigenvalue weighted by molar-refractivity contribution is -0.122. The number of fused-ring (bicyclic) bond motifs is 1. The van der Waals surface area contributed by atoms with Crippen LogP contribution in [0.25, 0.3) is 16.7 Å². The molecule has 0 unspecified atom stereocenters. The van der Waals surface area contributed by atoms with Crippen LogP contribution in [0.2, 0.25) is 0 Å². The van der Waals surface area contributed by atoms with Crippen molar-refractivity contribution in [2.75, 3.05) is 19.6 Å². The first kappa shape index (κ1) is 24.3. The standard InChI is InChI=1S/C25H33F2N5O2/c1-17(32-21-8-4-3-7-20(21)30-25(32)24(26)27)15-22(28)34-19-10-9-18(16-19)29-23(33)11-14-31-12-5-2-6-13-31/h3-4,7-8,15,18-19,24,28H,2,5-6,9-14,16H2,1H3,(H,29,33)/b17-15+,28-22?/t18-,19-/m0/s1. The highest BCUT2D eigenvalue weighted by Gasteiger charge is 2.28. The zero-order valence-electron chi connectivity index (χ0n) is 19.6. The number of aromatic nitrogens is 2. The molecule has 1 aliphatic heterocycles. The fourth-order valence-electron chi connectivity index (χ4n) is 4.95. The van der Waals surface area contributed by atoms with Crippen LogP contribution in [0.5, 0.6) is 0 Å². The summed E-state index contributed by atoms with van der Waals surface area (Å²) in [7, 11) is 0. The number of nitrogens with one attached hydrogen (secondary N) is 2. The van der Waals surface area contributed by atoms with Crippen molar-refractivity contribution in [3.63, 3.8) is 0 Å². The number of rotatable bonds is 8. The largest absolute Gasteiger partial charge is 0.475 e. The molecule has 1 aromatic heterocycles. The molecule has 1 aliphatic carbocycles. The van der Waals surface area contributed by atoms with Gasteiger partial charge in [-0.15, -0.1) is 0 Å². The van der Waals surface area contributed by atoms with Gasteiger partial charge in [0.25, 0.3) is 6.43 Å². The number of ether oxygens (including phenoxy) is 1. The van der Waals surface area contributed by atoms with E-state index < -0.39 is 6.43 Å². The van der Waals surface area contributed by atoms with Gasteiger partial charge in [0.2, 0.25) is 11.8 Å². The Kier molecular flexibility index (Phi) is 7.92. The maximum atomic E-state index is 13.6. The summed E-state index contributed by atoms with van der Waals surface area (Å²) in [5.41, 5.74) is 1.48. The maximum Gasteiger partial charge on any atom is 0.295 e. The number of piperidine rings is 1. The van der Waals surface area contributed by atoms with Crippen molar-refractivity contribution >= 4 is 28.5 Å². The molecular formula is C25H33F2N5O2. The van der Waals surface area contributed by atoms with E-state index in [0.29, 0.717) is 29.6 Å². The molecule has 7 nitrogen and oxygen atoms in total. The number of imidazole rings is 1. The van der Waals surface area contributed by atoms with Gasteiger partial charge in [-0.3, -0.25) is 14.8 Å². The zero-order chi connectivity index (χ0) is 24.1. The number of alkyl halides is 2. The Morgan fingerprint density at radius 1 is 1.26 bits per heavy atom. The zero-order valence-corrected chi connectivity index (χ0v) is 19.6. The maximum absolute atomic E-state index is 13.6. The molecule has 184 valence electrons. The second-order valence-electron chi connectivity index (χ2n) is 9.21. The highest BCUT2D eigenvalue weighted by molar-refractivity contribution is 5.92. The highest BCUT2D eigenvalue weighted by Crippen LogP contribution is 2.28. The molecule has 1 amide bonds. The molecule has 1 aromatic carbocycles. The third-order valence-corrected chi connectivity index (χ3v) is 6.62. The minimum atomic E-state index is -2.74. The van der Waals surface area contributed by atoms with Crippen LogP contribution in [0, 0.1) is 5.41 Å². The number of hydrogen-bond acceptors (Lipinski definition) is 5. The quantitative estimate of drug-likeness (QED) is 0.428. The van der Waals surface area contributed by atoms with Crippen molar-refractivity contribution < 1.29 is 18.3 Å². The number of halogens is 2. The Balaban J connectivity index is 1.29. The van der Waals surface area contributed by atoms with Gasteiger partial charge in [-0.1, -0.05) is 18.6 Å². The van der Waals surface area contributed by atoms with Crippen LogP contribution < -0.4 is 5.32 Å². The summed E-state index contributed by atoms with van der Waals surface area (Å²) in [5.74, 6) is -0.373. The summed E-state index contributed by atoms with van der Waals surface area (Å²) in [5, 5.41) is 11.3. The first-order valence-electron chi connectivity index (χ1n) is 12.1. The van der Waals surface area contributed by atoms with Crippen molar-refractivity contribution in [3.05, 3.63) is 36.2 Å². The van der Waals surface area contributed by atoms with Gasteiger partial charge in [0.15, 0.2) is 5.82 Å². The number of carbonyl (C=O) groups is 1. The summed E-state index contributed by atoms with van der Waals surface area (Å²) in [6, 6.07) is 6.98. The summed E-state index contributed by atoms with van der Waals surface area (Å²) in [4.78, 5) is 18.7. The van der Waals surface area contributed by atoms with Crippen LogP contribution in [0.3, 0.4) is 0 Å². The third-order valence-electron chi connectivity index (χ3n) is 6.62. The van der Waals surface area contributed by atoms with Gasteiger partial charge >= 0.3 is 0 Å². The number of para-hydroxylation sites is 2. The Labute approximate surface area is 198 Å². The van der Waals surface area contributed by atoms with Gasteiger partial charge in [-0.05, 0) is 57.8 Å². The molecule has 0 bridgehead atoms. The van der Waals surface area contributed by atoms with E-state index >= 15 is 0 Å². The normalized spacial score (nSPS) is 21.8. The van der Waals surface area contributed by atoms with Crippen molar-refractivity contribution in [3.8, 4) is 0 Å². The average Bonchev–Trinajstić information content (AvgIpc) is 3.42. The molecule has 2 heterocycles. The van der Waals surface area contributed by atoms with Crippen LogP contribution in [0.15, 0.2) is 30.3 Å². The van der Waals surface area contributed by atoms with Crippen LogP contribution >= 0.6 is 0 Å². The fraction of sp³-hybridized carbons (Fsp3) is 0.560. The lowest BCUT2D eigenvalue weighted by Gasteiger charge is -2.26. The van der Waals surface area contributed by atoms with Crippen LogP contribution in [0.1, 0.15) is 64.1 Å². The number of benzene rings is 1. The highest BCUT2D eigenvalue weighted by atomic mass is 19.3. The van der Waals surface area contributed by atoms with E-state index in [1.807, 2.05) is 0 Å². The fourth-order valence-corrected chi connectivity index (χ4v) is 4.95. The number of likely N-dealkylation sites (tertiary alicyclic amines) is 1. The number of carbonyl (C=O) groups excluding carboxylic acids is 1. The minimum absolute atomic E-state index is 0.0414. The van der Waals surface area contributed by atoms with Gasteiger partial charge in [0, 0.05) is 37.2 Å². The average molecular weight is 474 g/mol. The molecule has 2 N–H and O–H groups in total. The molecule has 2 aromatic rings. The molecule has 4 rings (SSSR count). The number of allylic oxidation sites excluding steroid dienone is 1. The SMILES string of the molecule is C/C(=C\C(=N)O[C@H]1CC[C@H](NC(=O)CCN2CCCCC2)C1)n1c(C(F)F)nc2ccccc21. The molecule has 2 atom stereocenters. The van der Waals surface area contributed by atoms with Gasteiger partial charge in [0.05, 0.1) is 11.0 Å². The van der Waals surface area contributed by atoms with Gasteiger partial charge in [-0.25, -0.2) is 13.8 Å². The topological polar surface area (TPSA) is 83.2 Å². The Morgan fingerprint density at radius 3 is 2.79 bits per heavy atom. The van der Waals surface area contributed by atoms with Crippen LogP contribution in [-0.2, 0) is 9.53 Å². The van der Waals surface area contributed by atoms with E-state index in [4.69, 9.17) is 10.1 Å². The summed E-state index contributed by atoms with van der Waals surface area (Å²) >= 11 is 0. The van der Waals surface area contributed by atoms with Crippen molar-refractivity contribution in [1.29, 1.82) is 5.41 Å². The summed E-state index contributed by atoms with van der Waals surface area (Å²) in [6.45, 7) is 4.62. The van der Waals surface area contributed by atoms with Crippen LogP contribution in [-0.4, -0.2) is 58.0 Å². The van der Waals surface area contributed by atoms with E-state index in [1.54, 1.807) is 31.2 Å². The van der Waals surface area contributed by atoms with Crippen molar-refractivity contribution in [1.82, 2.24) is 19.8 Å². The Morgan fingerprint density at radius 2 is 2.03 bits per heavy atom. The van der Waals surface area contributed by atoms with Crippen molar-refractivity contribution in [2.24, 2.45) is 0 Å².